The van der Waals surface area contributed by atoms with Crippen molar-refractivity contribution in [2.24, 2.45) is 0 Å². The number of hydrogen-bond acceptors (Lipinski definition) is 2. The summed E-state index contributed by atoms with van der Waals surface area (Å²) in [6, 6.07) is 5.35. The first kappa shape index (κ1) is 16.1. The van der Waals surface area contributed by atoms with Crippen LogP contribution in [0.5, 0.6) is 0 Å². The maximum Gasteiger partial charge on any atom is 0.243 e. The number of hydrogen-bond donors (Lipinski definition) is 1. The van der Waals surface area contributed by atoms with E-state index in [1.165, 1.54) is 18.2 Å². The zero-order valence-corrected chi connectivity index (χ0v) is 12.3. The highest BCUT2D eigenvalue weighted by atomic mass is 32.2. The first-order valence-electron chi connectivity index (χ1n) is 6.78. The van der Waals surface area contributed by atoms with Crippen molar-refractivity contribution >= 4 is 10.0 Å². The second-order valence-corrected chi connectivity index (χ2v) is 6.36. The predicted molar refractivity (Wildman–Crippen MR) is 74.9 cm³/mol. The van der Waals surface area contributed by atoms with Crippen molar-refractivity contribution in [3.8, 4) is 0 Å². The molecule has 1 aromatic rings. The average Bonchev–Trinajstić information content (AvgIpc) is 2.36. The predicted octanol–water partition coefficient (Wildman–Crippen LogP) is 3.46. The lowest BCUT2D eigenvalue weighted by atomic mass is 10.1. The Morgan fingerprint density at radius 2 is 1.84 bits per heavy atom. The Balaban J connectivity index is 2.85. The van der Waals surface area contributed by atoms with Crippen LogP contribution in [0.3, 0.4) is 0 Å². The Morgan fingerprint density at radius 1 is 1.16 bits per heavy atom. The van der Waals surface area contributed by atoms with Crippen molar-refractivity contribution in [3.05, 3.63) is 30.1 Å². The Labute approximate surface area is 115 Å². The van der Waals surface area contributed by atoms with Crippen LogP contribution in [-0.2, 0) is 10.0 Å². The molecule has 0 aliphatic rings. The van der Waals surface area contributed by atoms with Gasteiger partial charge in [0.05, 0.1) is 0 Å². The molecule has 0 aromatic heterocycles. The van der Waals surface area contributed by atoms with E-state index in [4.69, 9.17) is 0 Å². The van der Waals surface area contributed by atoms with Crippen LogP contribution >= 0.6 is 0 Å². The molecule has 1 rings (SSSR count). The van der Waals surface area contributed by atoms with E-state index in [1.54, 1.807) is 0 Å². The molecule has 5 heteroatoms. The van der Waals surface area contributed by atoms with E-state index in [1.807, 2.05) is 6.92 Å². The van der Waals surface area contributed by atoms with Crippen LogP contribution in [-0.4, -0.2) is 14.5 Å². The number of benzene rings is 1. The maximum absolute atomic E-state index is 13.6. The van der Waals surface area contributed by atoms with Crippen molar-refractivity contribution in [1.29, 1.82) is 0 Å². The number of halogens is 1. The van der Waals surface area contributed by atoms with Gasteiger partial charge in [0.2, 0.25) is 10.0 Å². The molecule has 0 aliphatic carbocycles. The molecule has 0 saturated heterocycles. The largest absolute Gasteiger partial charge is 0.243 e. The number of unbranched alkanes of at least 4 members (excludes halogenated alkanes) is 1. The third-order valence-electron chi connectivity index (χ3n) is 2.99. The van der Waals surface area contributed by atoms with Crippen molar-refractivity contribution in [1.82, 2.24) is 4.72 Å². The van der Waals surface area contributed by atoms with Gasteiger partial charge in [-0.2, -0.15) is 0 Å². The molecule has 0 aliphatic heterocycles. The fourth-order valence-electron chi connectivity index (χ4n) is 2.01. The second kappa shape index (κ2) is 7.60. The highest BCUT2D eigenvalue weighted by molar-refractivity contribution is 7.89. The normalized spacial score (nSPS) is 13.4. The van der Waals surface area contributed by atoms with Crippen LogP contribution in [0.1, 0.15) is 46.0 Å². The lowest BCUT2D eigenvalue weighted by Gasteiger charge is -2.18. The van der Waals surface area contributed by atoms with Crippen LogP contribution in [0.4, 0.5) is 4.39 Å². The molecule has 0 radical (unpaired) electrons. The number of nitrogens with one attached hydrogen (secondary N) is 1. The van der Waals surface area contributed by atoms with Crippen molar-refractivity contribution < 1.29 is 12.8 Å². The van der Waals surface area contributed by atoms with Gasteiger partial charge in [0.15, 0.2) is 0 Å². The monoisotopic (exact) mass is 287 g/mol. The minimum atomic E-state index is -3.77. The van der Waals surface area contributed by atoms with Gasteiger partial charge in [0, 0.05) is 6.04 Å². The topological polar surface area (TPSA) is 46.2 Å². The van der Waals surface area contributed by atoms with Crippen molar-refractivity contribution in [2.45, 2.75) is 56.9 Å². The summed E-state index contributed by atoms with van der Waals surface area (Å²) in [6.07, 6.45) is 4.44. The molecule has 0 spiro atoms. The van der Waals surface area contributed by atoms with E-state index in [0.717, 1.165) is 38.2 Å². The molecule has 0 fully saturated rings. The standard InChI is InChI=1S/C14H22FNO2S/c1-3-5-9-12(8-4-2)16-19(17,18)14-11-7-6-10-13(14)15/h6-7,10-12,16H,3-5,8-9H2,1-2H3. The third-order valence-corrected chi connectivity index (χ3v) is 4.55. The molecule has 1 aromatic carbocycles. The fourth-order valence-corrected chi connectivity index (χ4v) is 3.39. The van der Waals surface area contributed by atoms with Gasteiger partial charge in [-0.3, -0.25) is 0 Å². The molecule has 1 unspecified atom stereocenters. The second-order valence-electron chi connectivity index (χ2n) is 4.68. The number of sulfonamides is 1. The van der Waals surface area contributed by atoms with Crippen molar-refractivity contribution in [3.63, 3.8) is 0 Å². The lowest BCUT2D eigenvalue weighted by Crippen LogP contribution is -2.35. The third kappa shape index (κ3) is 4.91. The molecule has 0 heterocycles. The van der Waals surface area contributed by atoms with Crippen LogP contribution < -0.4 is 4.72 Å². The summed E-state index contributed by atoms with van der Waals surface area (Å²) >= 11 is 0. The Kier molecular flexibility index (Phi) is 6.45. The minimum absolute atomic E-state index is 0.116. The molecule has 1 atom stereocenters. The molecule has 108 valence electrons. The molecule has 19 heavy (non-hydrogen) atoms. The highest BCUT2D eigenvalue weighted by Crippen LogP contribution is 2.16. The van der Waals surface area contributed by atoms with E-state index in [-0.39, 0.29) is 10.9 Å². The molecule has 1 N–H and O–H groups in total. The molecular weight excluding hydrogens is 265 g/mol. The Hall–Kier alpha value is -0.940. The van der Waals surface area contributed by atoms with Crippen LogP contribution in [0.2, 0.25) is 0 Å². The smallest absolute Gasteiger partial charge is 0.208 e. The first-order chi connectivity index (χ1) is 9.01. The maximum atomic E-state index is 13.6. The summed E-state index contributed by atoms with van der Waals surface area (Å²) in [7, 11) is -3.77. The van der Waals surface area contributed by atoms with Gasteiger partial charge in [0.1, 0.15) is 10.7 Å². The summed E-state index contributed by atoms with van der Waals surface area (Å²) < 4.78 is 40.5. The summed E-state index contributed by atoms with van der Waals surface area (Å²) in [4.78, 5) is -0.271. The van der Waals surface area contributed by atoms with Crippen molar-refractivity contribution in [2.75, 3.05) is 0 Å². The van der Waals surface area contributed by atoms with E-state index < -0.39 is 15.8 Å². The summed E-state index contributed by atoms with van der Waals surface area (Å²) in [5.41, 5.74) is 0. The quantitative estimate of drug-likeness (QED) is 0.796. The van der Waals surface area contributed by atoms with Crippen LogP contribution in [0.25, 0.3) is 0 Å². The summed E-state index contributed by atoms with van der Waals surface area (Å²) in [5, 5.41) is 0. The van der Waals surface area contributed by atoms with E-state index in [0.29, 0.717) is 0 Å². The molecule has 0 saturated carbocycles. The van der Waals surface area contributed by atoms with E-state index in [9.17, 15) is 12.8 Å². The van der Waals surface area contributed by atoms with Crippen LogP contribution in [0, 0.1) is 5.82 Å². The zero-order chi connectivity index (χ0) is 14.3. The molecular formula is C14H22FNO2S. The highest BCUT2D eigenvalue weighted by Gasteiger charge is 2.22. The van der Waals surface area contributed by atoms with Gasteiger partial charge in [-0.25, -0.2) is 17.5 Å². The Morgan fingerprint density at radius 3 is 2.42 bits per heavy atom. The molecule has 0 bridgehead atoms. The number of rotatable bonds is 8. The zero-order valence-electron chi connectivity index (χ0n) is 11.5. The first-order valence-corrected chi connectivity index (χ1v) is 8.26. The summed E-state index contributed by atoms with van der Waals surface area (Å²) in [6.45, 7) is 4.07. The van der Waals surface area contributed by atoms with E-state index >= 15 is 0 Å². The average molecular weight is 287 g/mol. The van der Waals surface area contributed by atoms with Gasteiger partial charge in [-0.15, -0.1) is 0 Å². The van der Waals surface area contributed by atoms with Gasteiger partial charge >= 0.3 is 0 Å². The molecule has 0 amide bonds. The van der Waals surface area contributed by atoms with Gasteiger partial charge < -0.3 is 0 Å². The summed E-state index contributed by atoms with van der Waals surface area (Å²) in [5.74, 6) is -0.708. The SMILES string of the molecule is CCCCC(CCC)NS(=O)(=O)c1ccccc1F. The van der Waals surface area contributed by atoms with E-state index in [2.05, 4.69) is 11.6 Å². The van der Waals surface area contributed by atoms with Crippen LogP contribution in [0.15, 0.2) is 29.2 Å². The van der Waals surface area contributed by atoms with Gasteiger partial charge in [0.25, 0.3) is 0 Å². The fraction of sp³-hybridized carbons (Fsp3) is 0.571. The minimum Gasteiger partial charge on any atom is -0.208 e. The lowest BCUT2D eigenvalue weighted by molar-refractivity contribution is 0.480. The Bertz CT molecular complexity index is 488. The molecule has 3 nitrogen and oxygen atoms in total. The van der Waals surface area contributed by atoms with Gasteiger partial charge in [-0.05, 0) is 25.0 Å². The van der Waals surface area contributed by atoms with Gasteiger partial charge in [-0.1, -0.05) is 45.2 Å².